The highest BCUT2D eigenvalue weighted by Gasteiger charge is 2.15. The summed E-state index contributed by atoms with van der Waals surface area (Å²) in [6.45, 7) is 3.90. The van der Waals surface area contributed by atoms with Crippen molar-refractivity contribution >= 4 is 46.1 Å². The minimum absolute atomic E-state index is 0.0696. The molecule has 0 bridgehead atoms. The van der Waals surface area contributed by atoms with Gasteiger partial charge in [-0.2, -0.15) is 5.10 Å². The molecule has 3 aromatic rings. The molecule has 3 rings (SSSR count). The molecule has 2 aromatic heterocycles. The minimum atomic E-state index is -0.0696. The second-order valence-electron chi connectivity index (χ2n) is 5.70. The Kier molecular flexibility index (Phi) is 5.86. The fourth-order valence-corrected chi connectivity index (χ4v) is 3.65. The third-order valence-corrected chi connectivity index (χ3v) is 5.20. The van der Waals surface area contributed by atoms with Crippen LogP contribution in [0.25, 0.3) is 0 Å². The first kappa shape index (κ1) is 18.8. The van der Waals surface area contributed by atoms with Gasteiger partial charge >= 0.3 is 0 Å². The van der Waals surface area contributed by atoms with Crippen LogP contribution in [0.2, 0.25) is 10.0 Å². The van der Waals surface area contributed by atoms with Crippen LogP contribution in [0.3, 0.4) is 0 Å². The number of amides is 1. The van der Waals surface area contributed by atoms with Gasteiger partial charge in [-0.1, -0.05) is 29.3 Å². The van der Waals surface area contributed by atoms with Crippen LogP contribution in [0.5, 0.6) is 5.75 Å². The summed E-state index contributed by atoms with van der Waals surface area (Å²) in [6, 6.07) is 8.91. The number of carbonyl (C=O) groups is 1. The Morgan fingerprint density at radius 2 is 2.12 bits per heavy atom. The molecule has 0 aliphatic rings. The Bertz CT molecular complexity index is 923. The summed E-state index contributed by atoms with van der Waals surface area (Å²) in [5, 5.41) is 10.3. The van der Waals surface area contributed by atoms with Crippen LogP contribution >= 0.6 is 34.5 Å². The van der Waals surface area contributed by atoms with E-state index in [0.29, 0.717) is 27.9 Å². The van der Waals surface area contributed by atoms with Crippen molar-refractivity contribution in [2.45, 2.75) is 27.0 Å². The third kappa shape index (κ3) is 4.38. The Morgan fingerprint density at radius 1 is 1.31 bits per heavy atom. The van der Waals surface area contributed by atoms with Crippen LogP contribution in [0.4, 0.5) is 5.69 Å². The van der Waals surface area contributed by atoms with E-state index in [9.17, 15) is 4.79 Å². The first-order valence-electron chi connectivity index (χ1n) is 7.88. The smallest absolute Gasteiger partial charge is 0.229 e. The van der Waals surface area contributed by atoms with Gasteiger partial charge < -0.3 is 10.1 Å². The maximum absolute atomic E-state index is 12.2. The molecule has 0 aliphatic carbocycles. The third-order valence-electron chi connectivity index (χ3n) is 3.80. The van der Waals surface area contributed by atoms with E-state index in [0.717, 1.165) is 16.3 Å². The summed E-state index contributed by atoms with van der Waals surface area (Å²) in [6.07, 6.45) is 0.346. The van der Waals surface area contributed by atoms with Crippen LogP contribution in [0.15, 0.2) is 35.7 Å². The zero-order chi connectivity index (χ0) is 18.7. The molecule has 1 amide bonds. The molecule has 0 spiro atoms. The topological polar surface area (TPSA) is 56.1 Å². The molecule has 0 radical (unpaired) electrons. The fraction of sp³-hybridized carbons (Fsp3) is 0.222. The van der Waals surface area contributed by atoms with E-state index in [-0.39, 0.29) is 12.6 Å². The van der Waals surface area contributed by atoms with Gasteiger partial charge in [-0.3, -0.25) is 4.79 Å². The number of benzene rings is 1. The Balaban J connectivity index is 1.68. The van der Waals surface area contributed by atoms with Crippen molar-refractivity contribution in [2.75, 3.05) is 5.32 Å². The van der Waals surface area contributed by atoms with Crippen molar-refractivity contribution in [3.05, 3.63) is 62.0 Å². The first-order valence-corrected chi connectivity index (χ1v) is 9.51. The standard InChI is InChI=1S/C18H17Cl2N3O2S/c1-11-18(21-17(24)9-14-4-3-7-26-14)12(2)23(22-11)10-25-16-6-5-13(19)8-15(16)20/h3-8H,9-10H2,1-2H3,(H,21,24). The predicted molar refractivity (Wildman–Crippen MR) is 105 cm³/mol. The molecule has 8 heteroatoms. The largest absolute Gasteiger partial charge is 0.470 e. The molecule has 0 unspecified atom stereocenters. The minimum Gasteiger partial charge on any atom is -0.470 e. The molecule has 0 aliphatic heterocycles. The van der Waals surface area contributed by atoms with E-state index in [1.807, 2.05) is 31.4 Å². The van der Waals surface area contributed by atoms with Gasteiger partial charge in [0.2, 0.25) is 5.91 Å². The van der Waals surface area contributed by atoms with Gasteiger partial charge in [-0.15, -0.1) is 11.3 Å². The van der Waals surface area contributed by atoms with Gasteiger partial charge in [0.1, 0.15) is 5.75 Å². The molecule has 26 heavy (non-hydrogen) atoms. The average Bonchev–Trinajstić information content (AvgIpc) is 3.18. The maximum atomic E-state index is 12.2. The highest BCUT2D eigenvalue weighted by molar-refractivity contribution is 7.10. The van der Waals surface area contributed by atoms with Crippen LogP contribution in [-0.4, -0.2) is 15.7 Å². The first-order chi connectivity index (χ1) is 12.4. The second kappa shape index (κ2) is 8.12. The van der Waals surface area contributed by atoms with Crippen molar-refractivity contribution in [2.24, 2.45) is 0 Å². The molecule has 5 nitrogen and oxygen atoms in total. The molecule has 1 aromatic carbocycles. The van der Waals surface area contributed by atoms with E-state index in [1.165, 1.54) is 0 Å². The summed E-state index contributed by atoms with van der Waals surface area (Å²) in [5.41, 5.74) is 2.25. The average molecular weight is 410 g/mol. The number of aryl methyl sites for hydroxylation is 1. The molecular formula is C18H17Cl2N3O2S. The summed E-state index contributed by atoms with van der Waals surface area (Å²) < 4.78 is 7.40. The molecule has 2 heterocycles. The molecule has 0 fully saturated rings. The lowest BCUT2D eigenvalue weighted by atomic mass is 10.3. The van der Waals surface area contributed by atoms with Crippen molar-refractivity contribution < 1.29 is 9.53 Å². The fourth-order valence-electron chi connectivity index (χ4n) is 2.48. The second-order valence-corrected chi connectivity index (χ2v) is 7.57. The summed E-state index contributed by atoms with van der Waals surface area (Å²) in [5.74, 6) is 0.451. The Labute approximate surface area is 165 Å². The number of hydrogen-bond acceptors (Lipinski definition) is 4. The normalized spacial score (nSPS) is 10.8. The maximum Gasteiger partial charge on any atom is 0.229 e. The molecule has 0 saturated carbocycles. The van der Waals surface area contributed by atoms with Gasteiger partial charge in [-0.25, -0.2) is 4.68 Å². The molecular weight excluding hydrogens is 393 g/mol. The van der Waals surface area contributed by atoms with E-state index < -0.39 is 0 Å². The quantitative estimate of drug-likeness (QED) is 0.616. The summed E-state index contributed by atoms with van der Waals surface area (Å²) in [4.78, 5) is 13.3. The van der Waals surface area contributed by atoms with Crippen LogP contribution in [-0.2, 0) is 17.9 Å². The number of carbonyl (C=O) groups excluding carboxylic acids is 1. The Morgan fingerprint density at radius 3 is 2.81 bits per heavy atom. The van der Waals surface area contributed by atoms with Crippen molar-refractivity contribution in [3.63, 3.8) is 0 Å². The molecule has 0 atom stereocenters. The van der Waals surface area contributed by atoms with E-state index >= 15 is 0 Å². The number of nitrogens with zero attached hydrogens (tertiary/aromatic N) is 2. The monoisotopic (exact) mass is 409 g/mol. The van der Waals surface area contributed by atoms with Gasteiger partial charge in [-0.05, 0) is 43.5 Å². The number of nitrogens with one attached hydrogen (secondary N) is 1. The molecule has 0 saturated heterocycles. The molecule has 1 N–H and O–H groups in total. The van der Waals surface area contributed by atoms with Crippen LogP contribution in [0.1, 0.15) is 16.3 Å². The van der Waals surface area contributed by atoms with Gasteiger partial charge in [0.15, 0.2) is 6.73 Å². The zero-order valence-electron chi connectivity index (χ0n) is 14.3. The number of anilines is 1. The number of ether oxygens (including phenoxy) is 1. The number of hydrogen-bond donors (Lipinski definition) is 1. The van der Waals surface area contributed by atoms with E-state index in [2.05, 4.69) is 10.4 Å². The number of halogens is 2. The van der Waals surface area contributed by atoms with Gasteiger partial charge in [0.05, 0.1) is 28.5 Å². The van der Waals surface area contributed by atoms with Crippen molar-refractivity contribution in [3.8, 4) is 5.75 Å². The lowest BCUT2D eigenvalue weighted by molar-refractivity contribution is -0.115. The summed E-state index contributed by atoms with van der Waals surface area (Å²) in [7, 11) is 0. The number of thiophene rings is 1. The number of rotatable bonds is 6. The zero-order valence-corrected chi connectivity index (χ0v) is 16.6. The van der Waals surface area contributed by atoms with Crippen LogP contribution in [0, 0.1) is 13.8 Å². The van der Waals surface area contributed by atoms with Crippen molar-refractivity contribution in [1.29, 1.82) is 0 Å². The lowest BCUT2D eigenvalue weighted by Crippen LogP contribution is -2.15. The van der Waals surface area contributed by atoms with Gasteiger partial charge in [0, 0.05) is 9.90 Å². The highest BCUT2D eigenvalue weighted by atomic mass is 35.5. The predicted octanol–water partition coefficient (Wildman–Crippen LogP) is 5.09. The highest BCUT2D eigenvalue weighted by Crippen LogP contribution is 2.28. The summed E-state index contributed by atoms with van der Waals surface area (Å²) >= 11 is 13.6. The van der Waals surface area contributed by atoms with E-state index in [4.69, 9.17) is 27.9 Å². The Hall–Kier alpha value is -2.02. The lowest BCUT2D eigenvalue weighted by Gasteiger charge is -2.10. The SMILES string of the molecule is Cc1nn(COc2ccc(Cl)cc2Cl)c(C)c1NC(=O)Cc1cccs1. The van der Waals surface area contributed by atoms with E-state index in [1.54, 1.807) is 34.2 Å². The van der Waals surface area contributed by atoms with Crippen LogP contribution < -0.4 is 10.1 Å². The molecule has 136 valence electrons. The van der Waals surface area contributed by atoms with Gasteiger partial charge in [0.25, 0.3) is 0 Å². The number of aromatic nitrogens is 2. The van der Waals surface area contributed by atoms with Crippen molar-refractivity contribution in [1.82, 2.24) is 9.78 Å².